The Bertz CT molecular complexity index is 717. The Kier molecular flexibility index (Phi) is 5.42. The van der Waals surface area contributed by atoms with Crippen molar-refractivity contribution in [1.29, 1.82) is 0 Å². The van der Waals surface area contributed by atoms with Crippen molar-refractivity contribution >= 4 is 13.5 Å². The fraction of sp³-hybridized carbons (Fsp3) is 0.312. The van der Waals surface area contributed by atoms with Gasteiger partial charge in [0.25, 0.3) is 0 Å². The van der Waals surface area contributed by atoms with Crippen LogP contribution in [0.15, 0.2) is 52.5 Å². The molecule has 0 aromatic heterocycles. The highest BCUT2D eigenvalue weighted by Crippen LogP contribution is 2.40. The first-order valence-electron chi connectivity index (χ1n) is 7.31. The van der Waals surface area contributed by atoms with Crippen molar-refractivity contribution in [3.05, 3.63) is 53.3 Å². The fourth-order valence-electron chi connectivity index (χ4n) is 2.62. The van der Waals surface area contributed by atoms with Crippen molar-refractivity contribution in [2.24, 2.45) is 4.76 Å². The van der Waals surface area contributed by atoms with Crippen molar-refractivity contribution in [2.75, 3.05) is 0 Å². The monoisotopic (exact) mass is 337 g/mol. The lowest BCUT2D eigenvalue weighted by molar-refractivity contribution is 0.374. The minimum absolute atomic E-state index is 0.00736. The van der Waals surface area contributed by atoms with E-state index in [-0.39, 0.29) is 29.6 Å². The second-order valence-corrected chi connectivity index (χ2v) is 6.72. The number of aliphatic hydroxyl groups is 1. The third-order valence-corrected chi connectivity index (χ3v) is 4.25. The van der Waals surface area contributed by atoms with Gasteiger partial charge in [-0.25, -0.2) is 4.57 Å². The van der Waals surface area contributed by atoms with Gasteiger partial charge in [-0.1, -0.05) is 25.1 Å². The summed E-state index contributed by atoms with van der Waals surface area (Å²) in [6, 6.07) is 6.95. The van der Waals surface area contributed by atoms with E-state index in [0.29, 0.717) is 12.0 Å². The summed E-state index contributed by atoms with van der Waals surface area (Å²) in [5.74, 6) is 0.274. The molecule has 0 fully saturated rings. The Balaban J connectivity index is 2.30. The Hall–Kier alpha value is -1.88. The largest absolute Gasteiger partial charge is 0.512 e. The highest BCUT2D eigenvalue weighted by atomic mass is 31.2. The lowest BCUT2D eigenvalue weighted by Gasteiger charge is -2.21. The van der Waals surface area contributed by atoms with E-state index in [1.165, 1.54) is 6.08 Å². The van der Waals surface area contributed by atoms with E-state index in [2.05, 4.69) is 4.76 Å². The van der Waals surface area contributed by atoms with Crippen molar-refractivity contribution in [3.63, 3.8) is 0 Å². The molecule has 0 heterocycles. The maximum Gasteiger partial charge on any atom is 0.448 e. The first kappa shape index (κ1) is 17.5. The molecule has 4 N–H and O–H groups in total. The lowest BCUT2D eigenvalue weighted by Crippen LogP contribution is -2.12. The average molecular weight is 337 g/mol. The van der Waals surface area contributed by atoms with Gasteiger partial charge in [0.15, 0.2) is 0 Å². The number of phenolic OH excluding ortho intramolecular Hbond substituents is 1. The molecule has 0 aliphatic heterocycles. The molecule has 1 aliphatic carbocycles. The Labute approximate surface area is 134 Å². The minimum atomic E-state index is -4.56. The summed E-state index contributed by atoms with van der Waals surface area (Å²) in [6.07, 6.45) is 4.47. The first-order chi connectivity index (χ1) is 10.8. The minimum Gasteiger partial charge on any atom is -0.512 e. The van der Waals surface area contributed by atoms with Gasteiger partial charge >= 0.3 is 7.75 Å². The van der Waals surface area contributed by atoms with Gasteiger partial charge in [-0.05, 0) is 48.1 Å². The van der Waals surface area contributed by atoms with Gasteiger partial charge in [-0.3, -0.25) is 0 Å². The summed E-state index contributed by atoms with van der Waals surface area (Å²) in [7, 11) is -4.56. The SMILES string of the molecule is CCC(CC1=CC=C(O)CC1=NP(=O)(O)O)c1cccc(O)c1. The van der Waals surface area contributed by atoms with Crippen molar-refractivity contribution < 1.29 is 24.6 Å². The number of benzene rings is 1. The molecule has 1 aromatic carbocycles. The highest BCUT2D eigenvalue weighted by molar-refractivity contribution is 7.50. The Morgan fingerprint density at radius 3 is 2.61 bits per heavy atom. The predicted molar refractivity (Wildman–Crippen MR) is 88.6 cm³/mol. The molecule has 7 heteroatoms. The van der Waals surface area contributed by atoms with Gasteiger partial charge in [0.2, 0.25) is 0 Å². The second kappa shape index (κ2) is 7.13. The molecule has 0 spiro atoms. The molecule has 1 unspecified atom stereocenters. The molecular weight excluding hydrogens is 317 g/mol. The summed E-state index contributed by atoms with van der Waals surface area (Å²) in [5.41, 5.74) is 1.83. The maximum absolute atomic E-state index is 11.2. The molecule has 23 heavy (non-hydrogen) atoms. The number of aliphatic hydroxyl groups excluding tert-OH is 1. The zero-order chi connectivity index (χ0) is 17.0. The predicted octanol–water partition coefficient (Wildman–Crippen LogP) is 3.58. The molecule has 1 aromatic rings. The van der Waals surface area contributed by atoms with E-state index >= 15 is 0 Å². The number of aromatic hydroxyl groups is 1. The van der Waals surface area contributed by atoms with Gasteiger partial charge < -0.3 is 20.0 Å². The van der Waals surface area contributed by atoms with Gasteiger partial charge in [0, 0.05) is 6.42 Å². The average Bonchev–Trinajstić information content (AvgIpc) is 2.45. The van der Waals surface area contributed by atoms with Gasteiger partial charge in [-0.2, -0.15) is 4.76 Å². The van der Waals surface area contributed by atoms with Crippen LogP contribution in [0.2, 0.25) is 0 Å². The summed E-state index contributed by atoms with van der Waals surface area (Å²) in [6.45, 7) is 2.01. The van der Waals surface area contributed by atoms with Crippen LogP contribution in [0, 0.1) is 0 Å². The molecule has 0 saturated heterocycles. The van der Waals surface area contributed by atoms with Crippen LogP contribution in [-0.4, -0.2) is 25.7 Å². The number of hydrogen-bond donors (Lipinski definition) is 4. The molecule has 0 saturated carbocycles. The zero-order valence-corrected chi connectivity index (χ0v) is 13.6. The Morgan fingerprint density at radius 1 is 1.26 bits per heavy atom. The van der Waals surface area contributed by atoms with Crippen molar-refractivity contribution in [3.8, 4) is 5.75 Å². The lowest BCUT2D eigenvalue weighted by atomic mass is 9.86. The number of nitrogens with zero attached hydrogens (tertiary/aromatic N) is 1. The number of rotatable bonds is 5. The van der Waals surface area contributed by atoms with Crippen molar-refractivity contribution in [1.82, 2.24) is 0 Å². The van der Waals surface area contributed by atoms with Crippen LogP contribution in [-0.2, 0) is 4.57 Å². The summed E-state index contributed by atoms with van der Waals surface area (Å²) >= 11 is 0. The summed E-state index contributed by atoms with van der Waals surface area (Å²) in [4.78, 5) is 18.2. The molecule has 0 radical (unpaired) electrons. The molecule has 0 bridgehead atoms. The molecule has 2 rings (SSSR count). The molecule has 1 aliphatic rings. The van der Waals surface area contributed by atoms with Crippen LogP contribution >= 0.6 is 7.75 Å². The molecule has 124 valence electrons. The summed E-state index contributed by atoms with van der Waals surface area (Å²) < 4.78 is 14.6. The summed E-state index contributed by atoms with van der Waals surface area (Å²) in [5, 5.41) is 19.2. The van der Waals surface area contributed by atoms with Crippen LogP contribution < -0.4 is 0 Å². The van der Waals surface area contributed by atoms with Crippen molar-refractivity contribution in [2.45, 2.75) is 32.1 Å². The number of allylic oxidation sites excluding steroid dienone is 4. The van der Waals surface area contributed by atoms with Crippen LogP contribution in [0.25, 0.3) is 0 Å². The quantitative estimate of drug-likeness (QED) is 0.614. The van der Waals surface area contributed by atoms with Crippen LogP contribution in [0.1, 0.15) is 37.7 Å². The first-order valence-corrected chi connectivity index (χ1v) is 8.87. The fourth-order valence-corrected chi connectivity index (χ4v) is 3.14. The third-order valence-electron chi connectivity index (χ3n) is 3.75. The Morgan fingerprint density at radius 2 is 2.00 bits per heavy atom. The van der Waals surface area contributed by atoms with E-state index in [4.69, 9.17) is 9.79 Å². The van der Waals surface area contributed by atoms with Crippen LogP contribution in [0.4, 0.5) is 0 Å². The van der Waals surface area contributed by atoms with Gasteiger partial charge in [-0.15, -0.1) is 0 Å². The number of hydrogen-bond acceptors (Lipinski definition) is 3. The van der Waals surface area contributed by atoms with Gasteiger partial charge in [0.1, 0.15) is 5.75 Å². The molecule has 6 nitrogen and oxygen atoms in total. The normalized spacial score (nSPS) is 18.5. The molecule has 0 amide bonds. The van der Waals surface area contributed by atoms with E-state index in [1.54, 1.807) is 24.3 Å². The van der Waals surface area contributed by atoms with Crippen LogP contribution in [0.3, 0.4) is 0 Å². The van der Waals surface area contributed by atoms with E-state index < -0.39 is 7.75 Å². The van der Waals surface area contributed by atoms with E-state index in [0.717, 1.165) is 12.0 Å². The topological polar surface area (TPSA) is 110 Å². The van der Waals surface area contributed by atoms with Gasteiger partial charge in [0.05, 0.1) is 11.5 Å². The smallest absolute Gasteiger partial charge is 0.448 e. The maximum atomic E-state index is 11.2. The highest BCUT2D eigenvalue weighted by Gasteiger charge is 2.22. The standard InChI is InChI=1S/C16H20NO5P/c1-2-11(12-4-3-5-14(18)9-12)8-13-6-7-15(19)10-16(13)17-23(20,21)22/h3-7,9,11,18-19H,2,8,10H2,1H3,(H2,20,21,22). The van der Waals surface area contributed by atoms with E-state index in [9.17, 15) is 14.8 Å². The second-order valence-electron chi connectivity index (χ2n) is 5.49. The van der Waals surface area contributed by atoms with E-state index in [1.807, 2.05) is 13.0 Å². The zero-order valence-electron chi connectivity index (χ0n) is 12.8. The number of phenols is 1. The van der Waals surface area contributed by atoms with Crippen LogP contribution in [0.5, 0.6) is 5.75 Å². The third kappa shape index (κ3) is 5.06. The molecule has 1 atom stereocenters. The molecular formula is C16H20NO5P.